The number of halogens is 2. The lowest BCUT2D eigenvalue weighted by atomic mass is 9.82. The van der Waals surface area contributed by atoms with Gasteiger partial charge >= 0.3 is 0 Å². The Morgan fingerprint density at radius 2 is 1.71 bits per heavy atom. The number of rotatable bonds is 4. The second kappa shape index (κ2) is 6.55. The second-order valence-corrected chi connectivity index (χ2v) is 6.56. The molecule has 2 aromatic rings. The molecule has 0 bridgehead atoms. The molecule has 1 aliphatic rings. The van der Waals surface area contributed by atoms with Crippen molar-refractivity contribution in [2.24, 2.45) is 0 Å². The number of aliphatic hydroxyl groups is 1. The number of aliphatic hydroxyl groups excluding tert-OH is 1. The van der Waals surface area contributed by atoms with Crippen LogP contribution in [0.25, 0.3) is 0 Å². The third-order valence-electron chi connectivity index (χ3n) is 3.82. The molecule has 2 aromatic carbocycles. The van der Waals surface area contributed by atoms with Gasteiger partial charge in [0.25, 0.3) is 0 Å². The number of phenolic OH excluding ortho intramolecular Hbond substituents is 1. The molecule has 124 valence electrons. The zero-order chi connectivity index (χ0) is 17.4. The van der Waals surface area contributed by atoms with E-state index < -0.39 is 11.9 Å². The Bertz CT molecular complexity index is 853. The smallest absolute Gasteiger partial charge is 0.198 e. The first kappa shape index (κ1) is 17.0. The molecular formula is C17H13BrClNO4. The normalized spacial score (nSPS) is 14.1. The number of benzene rings is 2. The summed E-state index contributed by atoms with van der Waals surface area (Å²) in [5, 5.41) is 22.8. The van der Waals surface area contributed by atoms with Crippen molar-refractivity contribution in [1.82, 2.24) is 0 Å². The van der Waals surface area contributed by atoms with Crippen LogP contribution in [0.5, 0.6) is 5.75 Å². The molecule has 24 heavy (non-hydrogen) atoms. The van der Waals surface area contributed by atoms with Crippen LogP contribution in [0.3, 0.4) is 0 Å². The molecule has 0 saturated heterocycles. The maximum Gasteiger partial charge on any atom is 0.198 e. The van der Waals surface area contributed by atoms with Gasteiger partial charge in [0, 0.05) is 22.1 Å². The van der Waals surface area contributed by atoms with Gasteiger partial charge in [-0.15, -0.1) is 11.6 Å². The van der Waals surface area contributed by atoms with Crippen molar-refractivity contribution < 1.29 is 19.8 Å². The Hall–Kier alpha value is -1.89. The largest absolute Gasteiger partial charge is 0.507 e. The predicted molar refractivity (Wildman–Crippen MR) is 94.3 cm³/mol. The quantitative estimate of drug-likeness (QED) is 0.455. The number of carbonyl (C=O) groups excluding carboxylic acids is 2. The molecular weight excluding hydrogens is 398 g/mol. The highest BCUT2D eigenvalue weighted by Crippen LogP contribution is 2.41. The highest BCUT2D eigenvalue weighted by atomic mass is 79.9. The van der Waals surface area contributed by atoms with Crippen LogP contribution in [0.15, 0.2) is 34.8 Å². The Balaban J connectivity index is 2.18. The fraction of sp³-hybridized carbons (Fsp3) is 0.176. The van der Waals surface area contributed by atoms with E-state index in [9.17, 15) is 19.8 Å². The van der Waals surface area contributed by atoms with E-state index in [4.69, 9.17) is 11.6 Å². The summed E-state index contributed by atoms with van der Waals surface area (Å²) in [5.41, 5.74) is 0.949. The van der Waals surface area contributed by atoms with E-state index in [0.717, 1.165) is 0 Å². The average Bonchev–Trinajstić information content (AvgIpc) is 2.58. The number of hydrogen-bond acceptors (Lipinski definition) is 5. The Morgan fingerprint density at radius 1 is 1.12 bits per heavy atom. The van der Waals surface area contributed by atoms with Gasteiger partial charge in [0.05, 0.1) is 28.8 Å². The highest BCUT2D eigenvalue weighted by Gasteiger charge is 2.35. The van der Waals surface area contributed by atoms with Crippen LogP contribution in [-0.2, 0) is 0 Å². The number of carbonyl (C=O) groups is 2. The van der Waals surface area contributed by atoms with E-state index >= 15 is 0 Å². The maximum atomic E-state index is 12.9. The third kappa shape index (κ3) is 2.70. The zero-order valence-corrected chi connectivity index (χ0v) is 14.7. The average molecular weight is 411 g/mol. The van der Waals surface area contributed by atoms with Crippen LogP contribution in [0.4, 0.5) is 5.69 Å². The summed E-state index contributed by atoms with van der Waals surface area (Å²) >= 11 is 8.87. The summed E-state index contributed by atoms with van der Waals surface area (Å²) in [4.78, 5) is 25.6. The topological polar surface area (TPSA) is 86.6 Å². The van der Waals surface area contributed by atoms with Crippen molar-refractivity contribution in [2.75, 3.05) is 17.7 Å². The molecule has 5 nitrogen and oxygen atoms in total. The lowest BCUT2D eigenvalue weighted by Crippen LogP contribution is -2.26. The molecule has 0 radical (unpaired) electrons. The fourth-order valence-corrected chi connectivity index (χ4v) is 3.35. The van der Waals surface area contributed by atoms with Gasteiger partial charge in [-0.3, -0.25) is 9.59 Å². The predicted octanol–water partition coefficient (Wildman–Crippen LogP) is 2.94. The van der Waals surface area contributed by atoms with Gasteiger partial charge in [-0.25, -0.2) is 0 Å². The number of ketones is 2. The van der Waals surface area contributed by atoms with Gasteiger partial charge in [-0.2, -0.15) is 0 Å². The summed E-state index contributed by atoms with van der Waals surface area (Å²) < 4.78 is 0.418. The van der Waals surface area contributed by atoms with Crippen molar-refractivity contribution in [3.8, 4) is 5.75 Å². The van der Waals surface area contributed by atoms with Crippen LogP contribution in [-0.4, -0.2) is 40.3 Å². The van der Waals surface area contributed by atoms with Gasteiger partial charge < -0.3 is 15.5 Å². The lowest BCUT2D eigenvalue weighted by Gasteiger charge is -2.23. The highest BCUT2D eigenvalue weighted by molar-refractivity contribution is 9.10. The number of fused-ring (bicyclic) bond motifs is 2. The van der Waals surface area contributed by atoms with Gasteiger partial charge in [0.1, 0.15) is 5.75 Å². The van der Waals surface area contributed by atoms with Crippen molar-refractivity contribution in [3.63, 3.8) is 0 Å². The van der Waals surface area contributed by atoms with E-state index in [-0.39, 0.29) is 46.2 Å². The number of aromatic hydroxyl groups is 1. The number of anilines is 1. The number of nitrogens with one attached hydrogen (secondary N) is 1. The van der Waals surface area contributed by atoms with Gasteiger partial charge in [0.15, 0.2) is 11.6 Å². The summed E-state index contributed by atoms with van der Waals surface area (Å²) in [6.07, 6.45) is -0.815. The standard InChI is InChI=1S/C17H13BrClNO4/c18-11-5-12(22)13-14(15(11)20-7-8(21)6-19)17(24)10-4-2-1-3-9(10)16(13)23/h1-5,8,20-22H,6-7H2. The molecule has 1 atom stereocenters. The van der Waals surface area contributed by atoms with Crippen LogP contribution < -0.4 is 5.32 Å². The molecule has 0 fully saturated rings. The zero-order valence-electron chi connectivity index (χ0n) is 12.3. The molecule has 0 aliphatic heterocycles. The van der Waals surface area contributed by atoms with Gasteiger partial charge in [-0.05, 0) is 22.0 Å². The first-order valence-corrected chi connectivity index (χ1v) is 8.50. The second-order valence-electron chi connectivity index (χ2n) is 5.40. The Kier molecular flexibility index (Phi) is 4.62. The van der Waals surface area contributed by atoms with E-state index in [1.165, 1.54) is 6.07 Å². The number of alkyl halides is 1. The summed E-state index contributed by atoms with van der Waals surface area (Å²) in [6, 6.07) is 7.84. The SMILES string of the molecule is O=C1c2ccccc2C(=O)c2c(NCC(O)CCl)c(Br)cc(O)c21. The van der Waals surface area contributed by atoms with E-state index in [1.807, 2.05) is 0 Å². The Labute approximate surface area is 151 Å². The van der Waals surface area contributed by atoms with Crippen molar-refractivity contribution >= 4 is 44.8 Å². The molecule has 7 heteroatoms. The van der Waals surface area contributed by atoms with Crippen LogP contribution in [0, 0.1) is 0 Å². The molecule has 1 aliphatic carbocycles. The number of phenols is 1. The van der Waals surface area contributed by atoms with Crippen molar-refractivity contribution in [1.29, 1.82) is 0 Å². The summed E-state index contributed by atoms with van der Waals surface area (Å²) in [7, 11) is 0. The first-order chi connectivity index (χ1) is 11.5. The third-order valence-corrected chi connectivity index (χ3v) is 4.80. The minimum absolute atomic E-state index is 0.0284. The molecule has 0 spiro atoms. The van der Waals surface area contributed by atoms with Gasteiger partial charge in [0.2, 0.25) is 0 Å². The monoisotopic (exact) mass is 409 g/mol. The van der Waals surface area contributed by atoms with E-state index in [0.29, 0.717) is 10.2 Å². The van der Waals surface area contributed by atoms with E-state index in [1.54, 1.807) is 24.3 Å². The minimum atomic E-state index is -0.815. The summed E-state index contributed by atoms with van der Waals surface area (Å²) in [5.74, 6) is -1.01. The molecule has 0 amide bonds. The van der Waals surface area contributed by atoms with Crippen LogP contribution >= 0.6 is 27.5 Å². The number of hydrogen-bond donors (Lipinski definition) is 3. The van der Waals surface area contributed by atoms with Crippen molar-refractivity contribution in [2.45, 2.75) is 6.10 Å². The molecule has 0 saturated carbocycles. The lowest BCUT2D eigenvalue weighted by molar-refractivity contribution is 0.0977. The van der Waals surface area contributed by atoms with Crippen molar-refractivity contribution in [3.05, 3.63) is 57.1 Å². The Morgan fingerprint density at radius 3 is 2.29 bits per heavy atom. The van der Waals surface area contributed by atoms with Crippen LogP contribution in [0.1, 0.15) is 31.8 Å². The molecule has 0 heterocycles. The molecule has 1 unspecified atom stereocenters. The van der Waals surface area contributed by atoms with Crippen LogP contribution in [0.2, 0.25) is 0 Å². The maximum absolute atomic E-state index is 12.9. The summed E-state index contributed by atoms with van der Waals surface area (Å²) in [6.45, 7) is 0.0996. The fourth-order valence-electron chi connectivity index (χ4n) is 2.69. The first-order valence-electron chi connectivity index (χ1n) is 7.17. The molecule has 3 rings (SSSR count). The molecule has 3 N–H and O–H groups in total. The van der Waals surface area contributed by atoms with E-state index in [2.05, 4.69) is 21.2 Å². The minimum Gasteiger partial charge on any atom is -0.507 e. The molecule has 0 aromatic heterocycles. The van der Waals surface area contributed by atoms with Gasteiger partial charge in [-0.1, -0.05) is 24.3 Å².